The monoisotopic (exact) mass is 525 g/mol. The van der Waals surface area contributed by atoms with Crippen LogP contribution in [0.5, 0.6) is 0 Å². The molecule has 4 aromatic rings. The van der Waals surface area contributed by atoms with Crippen LogP contribution in [0.1, 0.15) is 44.2 Å². The van der Waals surface area contributed by atoms with Crippen LogP contribution in [0.2, 0.25) is 0 Å². The van der Waals surface area contributed by atoms with Crippen LogP contribution < -0.4 is 5.32 Å². The molecule has 1 N–H and O–H groups in total. The molecular formula is C30H27N3O2S2. The molecule has 5 heterocycles. The number of nitrogens with zero attached hydrogens (tertiary/aromatic N) is 2. The smallest absolute Gasteiger partial charge is 0.264 e. The summed E-state index contributed by atoms with van der Waals surface area (Å²) in [6.45, 7) is 2.74. The zero-order valence-corrected chi connectivity index (χ0v) is 22.0. The Labute approximate surface area is 224 Å². The lowest BCUT2D eigenvalue weighted by Gasteiger charge is -2.50. The second kappa shape index (κ2) is 8.85. The van der Waals surface area contributed by atoms with Crippen molar-refractivity contribution in [3.8, 4) is 0 Å². The van der Waals surface area contributed by atoms with Gasteiger partial charge in [-0.2, -0.15) is 0 Å². The Hall–Kier alpha value is -3.42. The number of hydrogen-bond donors (Lipinski definition) is 1. The zero-order valence-electron chi connectivity index (χ0n) is 20.4. The van der Waals surface area contributed by atoms with Crippen molar-refractivity contribution in [1.82, 2.24) is 9.80 Å². The number of piperidine rings is 1. The van der Waals surface area contributed by atoms with E-state index < -0.39 is 0 Å². The number of amides is 2. The fraction of sp³-hybridized carbons (Fsp3) is 0.267. The Bertz CT molecular complexity index is 1530. The summed E-state index contributed by atoms with van der Waals surface area (Å²) >= 11 is 3.01. The van der Waals surface area contributed by atoms with Crippen molar-refractivity contribution in [3.63, 3.8) is 0 Å². The summed E-state index contributed by atoms with van der Waals surface area (Å²) in [5.41, 5.74) is 4.92. The lowest BCUT2D eigenvalue weighted by molar-refractivity contribution is 0.0692. The normalized spacial score (nSPS) is 18.5. The van der Waals surface area contributed by atoms with E-state index in [1.807, 2.05) is 44.8 Å². The number of rotatable bonds is 2. The molecule has 37 heavy (non-hydrogen) atoms. The largest absolute Gasteiger partial charge is 0.375 e. The Morgan fingerprint density at radius 1 is 0.784 bits per heavy atom. The van der Waals surface area contributed by atoms with E-state index in [-0.39, 0.29) is 17.4 Å². The summed E-state index contributed by atoms with van der Waals surface area (Å²) in [4.78, 5) is 32.1. The maximum Gasteiger partial charge on any atom is 0.264 e. The number of anilines is 1. The first-order chi connectivity index (χ1) is 18.1. The molecule has 2 aromatic carbocycles. The Morgan fingerprint density at radius 2 is 1.49 bits per heavy atom. The van der Waals surface area contributed by atoms with Crippen molar-refractivity contribution < 1.29 is 9.59 Å². The van der Waals surface area contributed by atoms with Gasteiger partial charge < -0.3 is 15.1 Å². The number of carbonyl (C=O) groups is 2. The van der Waals surface area contributed by atoms with Gasteiger partial charge in [0.1, 0.15) is 0 Å². The first kappa shape index (κ1) is 22.8. The summed E-state index contributed by atoms with van der Waals surface area (Å²) in [6, 6.07) is 20.7. The first-order valence-corrected chi connectivity index (χ1v) is 14.6. The van der Waals surface area contributed by atoms with E-state index in [4.69, 9.17) is 0 Å². The van der Waals surface area contributed by atoms with Crippen LogP contribution in [-0.2, 0) is 0 Å². The van der Waals surface area contributed by atoms with Gasteiger partial charge in [0.25, 0.3) is 11.8 Å². The van der Waals surface area contributed by atoms with Crippen molar-refractivity contribution in [3.05, 3.63) is 92.3 Å². The van der Waals surface area contributed by atoms with E-state index in [0.717, 1.165) is 35.6 Å². The molecule has 7 rings (SSSR count). The van der Waals surface area contributed by atoms with Gasteiger partial charge in [0, 0.05) is 37.4 Å². The van der Waals surface area contributed by atoms with Gasteiger partial charge in [-0.1, -0.05) is 42.5 Å². The molecule has 2 aromatic heterocycles. The quantitative estimate of drug-likeness (QED) is 0.331. The molecule has 0 saturated carbocycles. The number of carbonyl (C=O) groups excluding carboxylic acids is 2. The lowest BCUT2D eigenvalue weighted by Crippen LogP contribution is -2.56. The number of thiophene rings is 2. The van der Waals surface area contributed by atoms with Crippen LogP contribution in [-0.4, -0.2) is 53.3 Å². The van der Waals surface area contributed by atoms with Crippen molar-refractivity contribution >= 4 is 56.5 Å². The predicted molar refractivity (Wildman–Crippen MR) is 152 cm³/mol. The van der Waals surface area contributed by atoms with E-state index in [2.05, 4.69) is 41.7 Å². The second-order valence-corrected chi connectivity index (χ2v) is 12.0. The molecule has 0 bridgehead atoms. The van der Waals surface area contributed by atoms with Crippen molar-refractivity contribution in [2.24, 2.45) is 0 Å². The molecule has 0 unspecified atom stereocenters. The van der Waals surface area contributed by atoms with E-state index in [9.17, 15) is 9.59 Å². The Kier molecular flexibility index (Phi) is 5.44. The molecule has 3 aliphatic rings. The Morgan fingerprint density at radius 3 is 2.19 bits per heavy atom. The highest BCUT2D eigenvalue weighted by atomic mass is 32.1. The zero-order chi connectivity index (χ0) is 25.0. The highest BCUT2D eigenvalue weighted by Gasteiger charge is 2.46. The number of likely N-dealkylation sites (tertiary alicyclic amines) is 1. The van der Waals surface area contributed by atoms with Crippen LogP contribution in [0.25, 0.3) is 16.3 Å². The summed E-state index contributed by atoms with van der Waals surface area (Å²) in [5.74, 6) is 0.241. The summed E-state index contributed by atoms with van der Waals surface area (Å²) < 4.78 is 0. The fourth-order valence-electron chi connectivity index (χ4n) is 6.32. The number of nitrogens with one attached hydrogen (secondary N) is 1. The first-order valence-electron chi connectivity index (χ1n) is 12.8. The summed E-state index contributed by atoms with van der Waals surface area (Å²) in [5, 5.41) is 10.4. The minimum atomic E-state index is -0.259. The molecule has 1 saturated heterocycles. The van der Waals surface area contributed by atoms with Crippen molar-refractivity contribution in [2.75, 3.05) is 31.5 Å². The van der Waals surface area contributed by atoms with E-state index in [1.54, 1.807) is 0 Å². The molecule has 0 aliphatic carbocycles. The minimum absolute atomic E-state index is 0.116. The van der Waals surface area contributed by atoms with E-state index in [0.29, 0.717) is 19.6 Å². The van der Waals surface area contributed by atoms with Crippen molar-refractivity contribution in [1.29, 1.82) is 0 Å². The van der Waals surface area contributed by atoms with Crippen LogP contribution in [0.3, 0.4) is 0 Å². The number of hydrogen-bond acceptors (Lipinski definition) is 5. The van der Waals surface area contributed by atoms with Gasteiger partial charge in [-0.05, 0) is 70.1 Å². The topological polar surface area (TPSA) is 52.7 Å². The average molecular weight is 526 g/mol. The van der Waals surface area contributed by atoms with Gasteiger partial charge in [-0.15, -0.1) is 22.7 Å². The molecule has 0 atom stereocenters. The van der Waals surface area contributed by atoms with Gasteiger partial charge >= 0.3 is 0 Å². The highest BCUT2D eigenvalue weighted by molar-refractivity contribution is 7.12. The highest BCUT2D eigenvalue weighted by Crippen LogP contribution is 2.49. The maximum atomic E-state index is 13.4. The third kappa shape index (κ3) is 3.71. The molecular weight excluding hydrogens is 498 g/mol. The molecule has 5 nitrogen and oxygen atoms in total. The van der Waals surface area contributed by atoms with Gasteiger partial charge in [0.05, 0.1) is 15.3 Å². The van der Waals surface area contributed by atoms with Gasteiger partial charge in [-0.25, -0.2) is 0 Å². The molecule has 1 spiro atoms. The standard InChI is InChI=1S/C30H27N3O2S2/c34-28(25-7-3-17-36-25)32-15-12-30(13-16-32)23-19-33(29(35)26-8-4-18-37-26)14-11-22(23)27-21-6-2-1-5-20(21)9-10-24(27)31-30/h1-10,17-18,31H,11-16,19H2. The van der Waals surface area contributed by atoms with E-state index in [1.165, 1.54) is 55.8 Å². The molecule has 1 fully saturated rings. The van der Waals surface area contributed by atoms with Crippen molar-refractivity contribution in [2.45, 2.75) is 24.8 Å². The third-order valence-electron chi connectivity index (χ3n) is 8.18. The second-order valence-electron chi connectivity index (χ2n) is 10.1. The number of benzene rings is 2. The molecule has 3 aliphatic heterocycles. The van der Waals surface area contributed by atoms with Gasteiger partial charge in [-0.3, -0.25) is 9.59 Å². The van der Waals surface area contributed by atoms with Crippen LogP contribution in [0, 0.1) is 0 Å². The lowest BCUT2D eigenvalue weighted by atomic mass is 9.71. The fourth-order valence-corrected chi connectivity index (χ4v) is 7.70. The van der Waals surface area contributed by atoms with Crippen LogP contribution in [0.15, 0.2) is 77.0 Å². The maximum absolute atomic E-state index is 13.4. The van der Waals surface area contributed by atoms with Crippen LogP contribution >= 0.6 is 22.7 Å². The Balaban J connectivity index is 1.28. The minimum Gasteiger partial charge on any atom is -0.375 e. The molecule has 0 radical (unpaired) electrons. The SMILES string of the molecule is O=C(c1cccs1)N1CCC2(CC1)Nc1ccc3ccccc3c1C1=C2CN(C(=O)c2cccs2)CC1. The molecule has 2 amide bonds. The molecule has 7 heteroatoms. The van der Waals surface area contributed by atoms with E-state index >= 15 is 0 Å². The average Bonchev–Trinajstić information content (AvgIpc) is 3.68. The number of fused-ring (bicyclic) bond motifs is 5. The predicted octanol–water partition coefficient (Wildman–Crippen LogP) is 6.36. The third-order valence-corrected chi connectivity index (χ3v) is 9.90. The summed E-state index contributed by atoms with van der Waals surface area (Å²) in [6.07, 6.45) is 2.50. The summed E-state index contributed by atoms with van der Waals surface area (Å²) in [7, 11) is 0. The van der Waals surface area contributed by atoms with Gasteiger partial charge in [0.15, 0.2) is 0 Å². The van der Waals surface area contributed by atoms with Crippen LogP contribution in [0.4, 0.5) is 5.69 Å². The van der Waals surface area contributed by atoms with Gasteiger partial charge in [0.2, 0.25) is 0 Å². The molecule has 186 valence electrons.